The maximum absolute atomic E-state index is 11.2. The largest absolute Gasteiger partial charge is 0.383 e. The molecule has 6 nitrogen and oxygen atoms in total. The number of aromatic nitrogens is 2. The monoisotopic (exact) mass is 226 g/mol. The summed E-state index contributed by atoms with van der Waals surface area (Å²) in [5, 5.41) is 5.78. The number of methoxy groups -OCH3 is 1. The lowest BCUT2D eigenvalue weighted by Gasteiger charge is -2.08. The highest BCUT2D eigenvalue weighted by molar-refractivity contribution is 5.75. The van der Waals surface area contributed by atoms with Gasteiger partial charge in [-0.05, 0) is 0 Å². The van der Waals surface area contributed by atoms with Crippen molar-refractivity contribution in [2.75, 3.05) is 27.3 Å². The molecule has 0 radical (unpaired) electrons. The molecule has 0 fully saturated rings. The first kappa shape index (κ1) is 12.7. The Morgan fingerprint density at radius 2 is 2.44 bits per heavy atom. The van der Waals surface area contributed by atoms with Gasteiger partial charge in [-0.25, -0.2) is 4.98 Å². The summed E-state index contributed by atoms with van der Waals surface area (Å²) >= 11 is 0. The van der Waals surface area contributed by atoms with E-state index in [4.69, 9.17) is 4.74 Å². The van der Waals surface area contributed by atoms with Crippen molar-refractivity contribution in [3.05, 3.63) is 18.2 Å². The Labute approximate surface area is 95.0 Å². The third kappa shape index (κ3) is 4.00. The number of amides is 1. The zero-order valence-electron chi connectivity index (χ0n) is 9.69. The molecule has 0 spiro atoms. The van der Waals surface area contributed by atoms with Gasteiger partial charge in [0.15, 0.2) is 0 Å². The van der Waals surface area contributed by atoms with Crippen LogP contribution in [0, 0.1) is 0 Å². The third-order valence-electron chi connectivity index (χ3n) is 2.18. The van der Waals surface area contributed by atoms with Crippen molar-refractivity contribution >= 4 is 5.91 Å². The maximum Gasteiger partial charge on any atom is 0.239 e. The van der Waals surface area contributed by atoms with E-state index in [9.17, 15) is 4.79 Å². The normalized spacial score (nSPS) is 10.4. The van der Waals surface area contributed by atoms with Gasteiger partial charge in [0.1, 0.15) is 6.54 Å². The van der Waals surface area contributed by atoms with Gasteiger partial charge >= 0.3 is 0 Å². The van der Waals surface area contributed by atoms with Crippen LogP contribution in [0.1, 0.15) is 5.69 Å². The lowest BCUT2D eigenvalue weighted by atomic mass is 10.4. The average Bonchev–Trinajstić information content (AvgIpc) is 2.72. The number of imidazole rings is 1. The minimum atomic E-state index is -0.0314. The van der Waals surface area contributed by atoms with Crippen LogP contribution in [0.5, 0.6) is 0 Å². The molecule has 1 amide bonds. The second-order valence-corrected chi connectivity index (χ2v) is 3.36. The summed E-state index contributed by atoms with van der Waals surface area (Å²) in [6.45, 7) is 2.43. The lowest BCUT2D eigenvalue weighted by Crippen LogP contribution is -2.26. The van der Waals surface area contributed by atoms with Gasteiger partial charge in [-0.2, -0.15) is 0 Å². The van der Waals surface area contributed by atoms with E-state index in [0.717, 1.165) is 12.2 Å². The fourth-order valence-electron chi connectivity index (χ4n) is 1.26. The van der Waals surface area contributed by atoms with E-state index in [1.165, 1.54) is 0 Å². The third-order valence-corrected chi connectivity index (χ3v) is 2.18. The van der Waals surface area contributed by atoms with E-state index < -0.39 is 0 Å². The molecule has 0 saturated carbocycles. The summed E-state index contributed by atoms with van der Waals surface area (Å²) < 4.78 is 6.74. The Morgan fingerprint density at radius 3 is 3.12 bits per heavy atom. The van der Waals surface area contributed by atoms with Crippen LogP contribution in [0.4, 0.5) is 0 Å². The second kappa shape index (κ2) is 6.97. The van der Waals surface area contributed by atoms with Gasteiger partial charge < -0.3 is 19.9 Å². The minimum absolute atomic E-state index is 0.0314. The molecule has 0 atom stereocenters. The van der Waals surface area contributed by atoms with Crippen LogP contribution in [-0.4, -0.2) is 42.8 Å². The molecule has 0 unspecified atom stereocenters. The fourth-order valence-corrected chi connectivity index (χ4v) is 1.26. The van der Waals surface area contributed by atoms with Gasteiger partial charge in [0.2, 0.25) is 5.91 Å². The number of nitrogens with zero attached hydrogens (tertiary/aromatic N) is 2. The van der Waals surface area contributed by atoms with Crippen molar-refractivity contribution in [1.82, 2.24) is 20.2 Å². The van der Waals surface area contributed by atoms with E-state index in [0.29, 0.717) is 19.7 Å². The summed E-state index contributed by atoms with van der Waals surface area (Å²) in [6.07, 6.45) is 3.41. The Hall–Kier alpha value is -1.40. The van der Waals surface area contributed by atoms with Gasteiger partial charge in [0.05, 0.1) is 18.6 Å². The minimum Gasteiger partial charge on any atom is -0.383 e. The van der Waals surface area contributed by atoms with Crippen LogP contribution in [0.15, 0.2) is 12.5 Å². The fraction of sp³-hybridized carbons (Fsp3) is 0.600. The molecule has 0 bridgehead atoms. The van der Waals surface area contributed by atoms with E-state index >= 15 is 0 Å². The summed E-state index contributed by atoms with van der Waals surface area (Å²) in [6, 6.07) is 0. The molecule has 2 N–H and O–H groups in total. The van der Waals surface area contributed by atoms with Crippen LogP contribution in [0.25, 0.3) is 0 Å². The van der Waals surface area contributed by atoms with Gasteiger partial charge in [-0.1, -0.05) is 0 Å². The quantitative estimate of drug-likeness (QED) is 0.607. The number of rotatable bonds is 7. The molecule has 1 heterocycles. The van der Waals surface area contributed by atoms with Crippen molar-refractivity contribution < 1.29 is 9.53 Å². The molecule has 0 aliphatic carbocycles. The Bertz CT molecular complexity index is 324. The van der Waals surface area contributed by atoms with Crippen LogP contribution < -0.4 is 10.6 Å². The molecular weight excluding hydrogens is 208 g/mol. The highest BCUT2D eigenvalue weighted by Gasteiger charge is 2.05. The summed E-state index contributed by atoms with van der Waals surface area (Å²) in [7, 11) is 3.29. The van der Waals surface area contributed by atoms with Gasteiger partial charge in [-0.15, -0.1) is 0 Å². The zero-order chi connectivity index (χ0) is 11.8. The van der Waals surface area contributed by atoms with Crippen molar-refractivity contribution in [3.63, 3.8) is 0 Å². The summed E-state index contributed by atoms with van der Waals surface area (Å²) in [4.78, 5) is 15.2. The molecule has 0 aliphatic heterocycles. The number of nitrogens with one attached hydrogen (secondary N) is 2. The molecule has 1 rings (SSSR count). The Balaban J connectivity index is 2.41. The molecule has 0 saturated heterocycles. The second-order valence-electron chi connectivity index (χ2n) is 3.36. The van der Waals surface area contributed by atoms with Crippen molar-refractivity contribution in [3.8, 4) is 0 Å². The number of carbonyl (C=O) groups is 1. The standard InChI is InChI=1S/C10H18N4O2/c1-11-10(15)7-14-8-13-6-9(14)5-12-3-4-16-2/h6,8,12H,3-5,7H2,1-2H3,(H,11,15). The SMILES string of the molecule is CNC(=O)Cn1cncc1CNCCOC. The molecule has 0 aromatic carbocycles. The molecule has 1 aromatic heterocycles. The van der Waals surface area contributed by atoms with Crippen LogP contribution >= 0.6 is 0 Å². The first-order valence-corrected chi connectivity index (χ1v) is 5.17. The van der Waals surface area contributed by atoms with E-state index in [1.54, 1.807) is 26.7 Å². The lowest BCUT2D eigenvalue weighted by molar-refractivity contribution is -0.121. The van der Waals surface area contributed by atoms with E-state index in [2.05, 4.69) is 15.6 Å². The molecule has 6 heteroatoms. The molecule has 90 valence electrons. The highest BCUT2D eigenvalue weighted by atomic mass is 16.5. The molecule has 1 aromatic rings. The van der Waals surface area contributed by atoms with Gasteiger partial charge in [0.25, 0.3) is 0 Å². The van der Waals surface area contributed by atoms with Crippen LogP contribution in [0.2, 0.25) is 0 Å². The smallest absolute Gasteiger partial charge is 0.239 e. The number of likely N-dealkylation sites (N-methyl/N-ethyl adjacent to an activating group) is 1. The summed E-state index contributed by atoms with van der Waals surface area (Å²) in [5.74, 6) is -0.0314. The molecular formula is C10H18N4O2. The van der Waals surface area contributed by atoms with Crippen molar-refractivity contribution in [2.45, 2.75) is 13.1 Å². The zero-order valence-corrected chi connectivity index (χ0v) is 9.69. The van der Waals surface area contributed by atoms with Gasteiger partial charge in [0, 0.05) is 33.4 Å². The Morgan fingerprint density at radius 1 is 1.62 bits per heavy atom. The van der Waals surface area contributed by atoms with Crippen LogP contribution in [-0.2, 0) is 22.6 Å². The van der Waals surface area contributed by atoms with Gasteiger partial charge in [-0.3, -0.25) is 4.79 Å². The predicted molar refractivity (Wildman–Crippen MR) is 59.9 cm³/mol. The first-order chi connectivity index (χ1) is 7.77. The predicted octanol–water partition coefficient (Wildman–Crippen LogP) is -0.635. The first-order valence-electron chi connectivity index (χ1n) is 5.17. The van der Waals surface area contributed by atoms with E-state index in [1.807, 2.05) is 4.57 Å². The number of ether oxygens (including phenoxy) is 1. The number of carbonyl (C=O) groups excluding carboxylic acids is 1. The average molecular weight is 226 g/mol. The molecule has 16 heavy (non-hydrogen) atoms. The topological polar surface area (TPSA) is 68.2 Å². The summed E-state index contributed by atoms with van der Waals surface area (Å²) in [5.41, 5.74) is 0.986. The number of hydrogen-bond donors (Lipinski definition) is 2. The number of hydrogen-bond acceptors (Lipinski definition) is 4. The Kier molecular flexibility index (Phi) is 5.52. The maximum atomic E-state index is 11.2. The van der Waals surface area contributed by atoms with E-state index in [-0.39, 0.29) is 5.91 Å². The highest BCUT2D eigenvalue weighted by Crippen LogP contribution is 1.98. The van der Waals surface area contributed by atoms with Crippen molar-refractivity contribution in [1.29, 1.82) is 0 Å². The molecule has 0 aliphatic rings. The van der Waals surface area contributed by atoms with Crippen molar-refractivity contribution in [2.24, 2.45) is 0 Å². The van der Waals surface area contributed by atoms with Crippen LogP contribution in [0.3, 0.4) is 0 Å².